The molecule has 0 spiro atoms. The summed E-state index contributed by atoms with van der Waals surface area (Å²) in [6.07, 6.45) is 1.62. The molecule has 1 aliphatic heterocycles. The maximum absolute atomic E-state index is 11.9. The van der Waals surface area contributed by atoms with Gasteiger partial charge in [0.25, 0.3) is 0 Å². The molecule has 2 rings (SSSR count). The molecule has 1 aliphatic rings. The molecule has 2 unspecified atom stereocenters. The molecule has 0 saturated heterocycles. The molecule has 4 nitrogen and oxygen atoms in total. The van der Waals surface area contributed by atoms with Crippen molar-refractivity contribution in [2.24, 2.45) is 0 Å². The van der Waals surface area contributed by atoms with Crippen LogP contribution in [-0.4, -0.2) is 35.5 Å². The predicted molar refractivity (Wildman–Crippen MR) is 64.8 cm³/mol. The number of carbonyl (C=O) groups is 1. The molecule has 2 atom stereocenters. The Morgan fingerprint density at radius 2 is 1.88 bits per heavy atom. The average Bonchev–Trinajstić information content (AvgIpc) is 2.26. The number of urea groups is 1. The molecule has 86 valence electrons. The van der Waals surface area contributed by atoms with Gasteiger partial charge in [0.1, 0.15) is 5.37 Å². The van der Waals surface area contributed by atoms with Crippen LogP contribution in [-0.2, 0) is 10.8 Å². The lowest BCUT2D eigenvalue weighted by molar-refractivity contribution is 0.209. The maximum atomic E-state index is 11.9. The maximum Gasteiger partial charge on any atom is 0.325 e. The monoisotopic (exact) mass is 238 g/mol. The number of amides is 2. The van der Waals surface area contributed by atoms with Gasteiger partial charge in [0.2, 0.25) is 0 Å². The van der Waals surface area contributed by atoms with Gasteiger partial charge in [-0.05, 0) is 6.07 Å². The van der Waals surface area contributed by atoms with Crippen LogP contribution >= 0.6 is 0 Å². The summed E-state index contributed by atoms with van der Waals surface area (Å²) in [5.74, 6) is 0. The lowest BCUT2D eigenvalue weighted by atomic mass is 10.1. The van der Waals surface area contributed by atoms with Crippen molar-refractivity contribution in [1.29, 1.82) is 0 Å². The van der Waals surface area contributed by atoms with Gasteiger partial charge in [-0.1, -0.05) is 18.2 Å². The number of hydrogen-bond acceptors (Lipinski definition) is 2. The molecule has 0 radical (unpaired) electrons. The number of carbonyl (C=O) groups excluding carboxylic acids is 1. The topological polar surface area (TPSA) is 40.6 Å². The van der Waals surface area contributed by atoms with Crippen molar-refractivity contribution in [2.45, 2.75) is 5.37 Å². The third-order valence-electron chi connectivity index (χ3n) is 2.82. The van der Waals surface area contributed by atoms with Gasteiger partial charge in [-0.25, -0.2) is 4.79 Å². The smallest absolute Gasteiger partial charge is 0.309 e. The van der Waals surface area contributed by atoms with Crippen LogP contribution in [0.15, 0.2) is 24.3 Å². The van der Waals surface area contributed by atoms with E-state index in [4.69, 9.17) is 0 Å². The summed E-state index contributed by atoms with van der Waals surface area (Å²) in [7, 11) is 2.31. The molecule has 0 aliphatic carbocycles. The second-order valence-corrected chi connectivity index (χ2v) is 5.31. The lowest BCUT2D eigenvalue weighted by Crippen LogP contribution is -2.46. The number of anilines is 1. The van der Waals surface area contributed by atoms with E-state index in [2.05, 4.69) is 0 Å². The summed E-state index contributed by atoms with van der Waals surface area (Å²) in [6.45, 7) is 0. The van der Waals surface area contributed by atoms with Crippen LogP contribution in [0.3, 0.4) is 0 Å². The first-order valence-corrected chi connectivity index (χ1v) is 6.58. The molecule has 2 amide bonds. The Balaban J connectivity index is 2.61. The first kappa shape index (κ1) is 11.1. The van der Waals surface area contributed by atoms with Crippen molar-refractivity contribution in [1.82, 2.24) is 4.90 Å². The summed E-state index contributed by atoms with van der Waals surface area (Å²) in [4.78, 5) is 15.0. The Hall–Kier alpha value is -1.36. The molecule has 0 aromatic heterocycles. The Labute approximate surface area is 97.3 Å². The molecule has 0 N–H and O–H groups in total. The highest BCUT2D eigenvalue weighted by molar-refractivity contribution is 7.84. The van der Waals surface area contributed by atoms with Crippen molar-refractivity contribution in [3.63, 3.8) is 0 Å². The van der Waals surface area contributed by atoms with E-state index in [9.17, 15) is 9.00 Å². The van der Waals surface area contributed by atoms with Crippen molar-refractivity contribution in [2.75, 3.05) is 25.3 Å². The van der Waals surface area contributed by atoms with E-state index in [0.29, 0.717) is 0 Å². The van der Waals surface area contributed by atoms with Gasteiger partial charge < -0.3 is 4.90 Å². The van der Waals surface area contributed by atoms with E-state index in [1.54, 1.807) is 25.3 Å². The zero-order valence-electron chi connectivity index (χ0n) is 9.51. The van der Waals surface area contributed by atoms with Gasteiger partial charge >= 0.3 is 6.03 Å². The Morgan fingerprint density at radius 1 is 1.25 bits per heavy atom. The predicted octanol–water partition coefficient (Wildman–Crippen LogP) is 1.57. The number of para-hydroxylation sites is 1. The van der Waals surface area contributed by atoms with Crippen LogP contribution in [0.1, 0.15) is 10.9 Å². The lowest BCUT2D eigenvalue weighted by Gasteiger charge is -2.38. The zero-order chi connectivity index (χ0) is 11.9. The molecular formula is C11H14N2O2S. The molecular weight excluding hydrogens is 224 g/mol. The fourth-order valence-electron chi connectivity index (χ4n) is 2.05. The molecule has 0 fully saturated rings. The zero-order valence-corrected chi connectivity index (χ0v) is 10.3. The van der Waals surface area contributed by atoms with Gasteiger partial charge in [0.15, 0.2) is 0 Å². The number of hydrogen-bond donors (Lipinski definition) is 0. The van der Waals surface area contributed by atoms with Crippen molar-refractivity contribution >= 4 is 22.5 Å². The van der Waals surface area contributed by atoms with Crippen LogP contribution in [0.4, 0.5) is 10.5 Å². The normalized spacial score (nSPS) is 21.9. The van der Waals surface area contributed by atoms with E-state index in [0.717, 1.165) is 11.3 Å². The molecule has 0 saturated carbocycles. The van der Waals surface area contributed by atoms with Crippen LogP contribution < -0.4 is 4.90 Å². The molecule has 1 heterocycles. The SMILES string of the molecule is CN1C(=O)N(C)C(S(C)=O)c2ccccc21. The molecule has 5 heteroatoms. The number of fused-ring (bicyclic) bond motifs is 1. The third kappa shape index (κ3) is 1.51. The molecule has 1 aromatic rings. The number of nitrogens with zero attached hydrogens (tertiary/aromatic N) is 2. The van der Waals surface area contributed by atoms with Crippen LogP contribution in [0.5, 0.6) is 0 Å². The van der Waals surface area contributed by atoms with E-state index in [1.165, 1.54) is 4.90 Å². The minimum Gasteiger partial charge on any atom is -0.309 e. The van der Waals surface area contributed by atoms with Crippen molar-refractivity contribution < 1.29 is 9.00 Å². The quantitative estimate of drug-likeness (QED) is 0.745. The third-order valence-corrected chi connectivity index (χ3v) is 4.02. The summed E-state index contributed by atoms with van der Waals surface area (Å²) < 4.78 is 11.7. The minimum atomic E-state index is -1.10. The summed E-state index contributed by atoms with van der Waals surface area (Å²) in [5, 5.41) is -0.347. The Bertz CT molecular complexity index is 461. The van der Waals surface area contributed by atoms with Gasteiger partial charge in [0.05, 0.1) is 5.69 Å². The fraction of sp³-hybridized carbons (Fsp3) is 0.364. The summed E-state index contributed by atoms with van der Waals surface area (Å²) in [5.41, 5.74) is 1.78. The first-order chi connectivity index (χ1) is 7.54. The van der Waals surface area contributed by atoms with Gasteiger partial charge in [-0.15, -0.1) is 0 Å². The highest BCUT2D eigenvalue weighted by Crippen LogP contribution is 2.36. The van der Waals surface area contributed by atoms with Gasteiger partial charge in [0, 0.05) is 36.7 Å². The summed E-state index contributed by atoms with van der Waals surface area (Å²) >= 11 is 0. The average molecular weight is 238 g/mol. The number of benzene rings is 1. The summed E-state index contributed by atoms with van der Waals surface area (Å²) in [6, 6.07) is 7.44. The fourth-order valence-corrected chi connectivity index (χ4v) is 3.14. The van der Waals surface area contributed by atoms with E-state index in [-0.39, 0.29) is 11.4 Å². The largest absolute Gasteiger partial charge is 0.325 e. The van der Waals surface area contributed by atoms with Crippen LogP contribution in [0.2, 0.25) is 0 Å². The van der Waals surface area contributed by atoms with Gasteiger partial charge in [-0.3, -0.25) is 9.11 Å². The van der Waals surface area contributed by atoms with E-state index < -0.39 is 10.8 Å². The molecule has 16 heavy (non-hydrogen) atoms. The van der Waals surface area contributed by atoms with Gasteiger partial charge in [-0.2, -0.15) is 0 Å². The van der Waals surface area contributed by atoms with Crippen molar-refractivity contribution in [3.05, 3.63) is 29.8 Å². The van der Waals surface area contributed by atoms with Crippen molar-refractivity contribution in [3.8, 4) is 0 Å². The van der Waals surface area contributed by atoms with E-state index in [1.807, 2.05) is 24.3 Å². The minimum absolute atomic E-state index is 0.126. The van der Waals surface area contributed by atoms with Crippen LogP contribution in [0, 0.1) is 0 Å². The first-order valence-electron chi connectivity index (χ1n) is 4.95. The Kier molecular flexibility index (Phi) is 2.71. The van der Waals surface area contributed by atoms with E-state index >= 15 is 0 Å². The number of rotatable bonds is 1. The highest BCUT2D eigenvalue weighted by Gasteiger charge is 2.35. The van der Waals surface area contributed by atoms with Crippen LogP contribution in [0.25, 0.3) is 0 Å². The second-order valence-electron chi connectivity index (χ2n) is 3.86. The Morgan fingerprint density at radius 3 is 2.50 bits per heavy atom. The highest BCUT2D eigenvalue weighted by atomic mass is 32.2. The molecule has 0 bridgehead atoms. The second kappa shape index (κ2) is 3.90. The molecule has 1 aromatic carbocycles. The standard InChI is InChI=1S/C11H14N2O2S/c1-12-9-7-5-4-6-8(9)10(16(3)15)13(2)11(12)14/h4-7,10H,1-3H3.